The Morgan fingerprint density at radius 3 is 3.00 bits per heavy atom. The monoisotopic (exact) mass is 238 g/mol. The standard InChI is InChI=1S/C13H15ClO2/c1-9-4-5-11(14)7-12(9)13(15)10-3-2-6-16-8-10/h4-5,7,10H,2-3,6,8H2,1H3. The molecule has 16 heavy (non-hydrogen) atoms. The zero-order chi connectivity index (χ0) is 11.5. The van der Waals surface area contributed by atoms with Crippen LogP contribution >= 0.6 is 11.6 Å². The fourth-order valence-corrected chi connectivity index (χ4v) is 2.20. The molecule has 0 saturated carbocycles. The second kappa shape index (κ2) is 4.98. The van der Waals surface area contributed by atoms with Gasteiger partial charge < -0.3 is 4.74 Å². The summed E-state index contributed by atoms with van der Waals surface area (Å²) in [6.07, 6.45) is 1.89. The van der Waals surface area contributed by atoms with Crippen molar-refractivity contribution in [2.24, 2.45) is 5.92 Å². The number of Topliss-reactive ketones (excluding diaryl/α,β-unsaturated/α-hetero) is 1. The highest BCUT2D eigenvalue weighted by molar-refractivity contribution is 6.31. The van der Waals surface area contributed by atoms with Crippen molar-refractivity contribution in [2.75, 3.05) is 13.2 Å². The molecule has 1 saturated heterocycles. The molecule has 1 unspecified atom stereocenters. The first-order valence-corrected chi connectivity index (χ1v) is 5.94. The van der Waals surface area contributed by atoms with E-state index in [1.54, 1.807) is 6.07 Å². The fourth-order valence-electron chi connectivity index (χ4n) is 2.03. The van der Waals surface area contributed by atoms with Crippen molar-refractivity contribution in [3.05, 3.63) is 34.3 Å². The lowest BCUT2D eigenvalue weighted by molar-refractivity contribution is 0.0461. The number of ether oxygens (including phenoxy) is 1. The topological polar surface area (TPSA) is 26.3 Å². The van der Waals surface area contributed by atoms with Crippen LogP contribution in [-0.2, 0) is 4.74 Å². The highest BCUT2D eigenvalue weighted by Gasteiger charge is 2.24. The smallest absolute Gasteiger partial charge is 0.168 e. The molecule has 2 rings (SSSR count). The van der Waals surface area contributed by atoms with Crippen LogP contribution in [-0.4, -0.2) is 19.0 Å². The van der Waals surface area contributed by atoms with Crippen LogP contribution in [0.1, 0.15) is 28.8 Å². The van der Waals surface area contributed by atoms with Crippen LogP contribution in [0.5, 0.6) is 0 Å². The molecule has 1 heterocycles. The molecule has 0 aliphatic carbocycles. The number of carbonyl (C=O) groups is 1. The third-order valence-corrected chi connectivity index (χ3v) is 3.23. The summed E-state index contributed by atoms with van der Waals surface area (Å²) < 4.78 is 5.34. The van der Waals surface area contributed by atoms with Gasteiger partial charge in [-0.05, 0) is 37.5 Å². The predicted octanol–water partition coefficient (Wildman–Crippen LogP) is 3.26. The summed E-state index contributed by atoms with van der Waals surface area (Å²) in [5.74, 6) is 0.172. The minimum absolute atomic E-state index is 0.00548. The Hall–Kier alpha value is -0.860. The summed E-state index contributed by atoms with van der Waals surface area (Å²) in [5, 5.41) is 0.616. The Morgan fingerprint density at radius 1 is 1.50 bits per heavy atom. The quantitative estimate of drug-likeness (QED) is 0.740. The largest absolute Gasteiger partial charge is 0.381 e. The molecule has 0 spiro atoms. The zero-order valence-corrected chi connectivity index (χ0v) is 10.1. The molecular weight excluding hydrogens is 224 g/mol. The van der Waals surface area contributed by atoms with E-state index in [1.165, 1.54) is 0 Å². The molecule has 1 atom stereocenters. The molecule has 2 nitrogen and oxygen atoms in total. The fraction of sp³-hybridized carbons (Fsp3) is 0.462. The first kappa shape index (κ1) is 11.6. The molecule has 1 aromatic carbocycles. The Bertz CT molecular complexity index is 395. The molecule has 0 N–H and O–H groups in total. The lowest BCUT2D eigenvalue weighted by Gasteiger charge is -2.21. The van der Waals surface area contributed by atoms with E-state index in [9.17, 15) is 4.79 Å². The van der Waals surface area contributed by atoms with Gasteiger partial charge >= 0.3 is 0 Å². The minimum Gasteiger partial charge on any atom is -0.381 e. The predicted molar refractivity (Wildman–Crippen MR) is 64.1 cm³/mol. The number of rotatable bonds is 2. The second-order valence-corrected chi connectivity index (χ2v) is 4.67. The maximum Gasteiger partial charge on any atom is 0.168 e. The molecule has 0 radical (unpaired) electrons. The van der Waals surface area contributed by atoms with Crippen LogP contribution in [0.4, 0.5) is 0 Å². The molecule has 86 valence electrons. The SMILES string of the molecule is Cc1ccc(Cl)cc1C(=O)C1CCCOC1. The van der Waals surface area contributed by atoms with E-state index in [2.05, 4.69) is 0 Å². The van der Waals surface area contributed by atoms with E-state index in [4.69, 9.17) is 16.3 Å². The number of aryl methyl sites for hydroxylation is 1. The number of carbonyl (C=O) groups excluding carboxylic acids is 1. The third-order valence-electron chi connectivity index (χ3n) is 3.00. The highest BCUT2D eigenvalue weighted by atomic mass is 35.5. The second-order valence-electron chi connectivity index (χ2n) is 4.24. The first-order valence-electron chi connectivity index (χ1n) is 5.56. The van der Waals surface area contributed by atoms with Crippen molar-refractivity contribution in [1.29, 1.82) is 0 Å². The van der Waals surface area contributed by atoms with E-state index in [1.807, 2.05) is 19.1 Å². The molecule has 3 heteroatoms. The van der Waals surface area contributed by atoms with Crippen LogP contribution in [0, 0.1) is 12.8 Å². The Morgan fingerprint density at radius 2 is 2.31 bits per heavy atom. The number of halogens is 1. The highest BCUT2D eigenvalue weighted by Crippen LogP contribution is 2.23. The van der Waals surface area contributed by atoms with Gasteiger partial charge in [0.25, 0.3) is 0 Å². The van der Waals surface area contributed by atoms with Gasteiger partial charge in [-0.1, -0.05) is 17.7 Å². The number of hydrogen-bond donors (Lipinski definition) is 0. The molecular formula is C13H15ClO2. The molecule has 1 aliphatic rings. The van der Waals surface area contributed by atoms with Crippen LogP contribution in [0.25, 0.3) is 0 Å². The Balaban J connectivity index is 2.22. The first-order chi connectivity index (χ1) is 7.68. The van der Waals surface area contributed by atoms with Gasteiger partial charge in [0.2, 0.25) is 0 Å². The van der Waals surface area contributed by atoms with Crippen molar-refractivity contribution in [2.45, 2.75) is 19.8 Å². The summed E-state index contributed by atoms with van der Waals surface area (Å²) in [5.41, 5.74) is 1.72. The van der Waals surface area contributed by atoms with Gasteiger partial charge in [0.15, 0.2) is 5.78 Å². The van der Waals surface area contributed by atoms with E-state index in [0.29, 0.717) is 11.6 Å². The number of hydrogen-bond acceptors (Lipinski definition) is 2. The molecule has 1 fully saturated rings. The number of ketones is 1. The summed E-state index contributed by atoms with van der Waals surface area (Å²) >= 11 is 5.92. The van der Waals surface area contributed by atoms with Gasteiger partial charge in [-0.25, -0.2) is 0 Å². The van der Waals surface area contributed by atoms with Gasteiger partial charge in [0, 0.05) is 23.1 Å². The Labute approximate surface area is 101 Å². The minimum atomic E-state index is 0.00548. The van der Waals surface area contributed by atoms with Crippen molar-refractivity contribution >= 4 is 17.4 Å². The number of benzene rings is 1. The summed E-state index contributed by atoms with van der Waals surface area (Å²) in [6.45, 7) is 3.26. The van der Waals surface area contributed by atoms with Crippen molar-refractivity contribution < 1.29 is 9.53 Å². The molecule has 1 aromatic rings. The molecule has 0 aromatic heterocycles. The van der Waals surface area contributed by atoms with E-state index < -0.39 is 0 Å². The summed E-state index contributed by atoms with van der Waals surface area (Å²) in [7, 11) is 0. The van der Waals surface area contributed by atoms with E-state index in [-0.39, 0.29) is 11.7 Å². The third kappa shape index (κ3) is 2.45. The maximum absolute atomic E-state index is 12.2. The Kier molecular flexibility index (Phi) is 3.62. The maximum atomic E-state index is 12.2. The van der Waals surface area contributed by atoms with Gasteiger partial charge in [-0.3, -0.25) is 4.79 Å². The van der Waals surface area contributed by atoms with E-state index in [0.717, 1.165) is 30.6 Å². The summed E-state index contributed by atoms with van der Waals surface area (Å²) in [6, 6.07) is 5.46. The van der Waals surface area contributed by atoms with Crippen LogP contribution in [0.3, 0.4) is 0 Å². The van der Waals surface area contributed by atoms with Crippen LogP contribution < -0.4 is 0 Å². The average Bonchev–Trinajstić information content (AvgIpc) is 2.32. The van der Waals surface area contributed by atoms with Crippen molar-refractivity contribution in [1.82, 2.24) is 0 Å². The lowest BCUT2D eigenvalue weighted by Crippen LogP contribution is -2.25. The van der Waals surface area contributed by atoms with Crippen LogP contribution in [0.2, 0.25) is 5.02 Å². The molecule has 0 amide bonds. The van der Waals surface area contributed by atoms with Gasteiger partial charge in [-0.15, -0.1) is 0 Å². The van der Waals surface area contributed by atoms with Gasteiger partial charge in [0.1, 0.15) is 0 Å². The molecule has 0 bridgehead atoms. The van der Waals surface area contributed by atoms with Crippen molar-refractivity contribution in [3.8, 4) is 0 Å². The average molecular weight is 239 g/mol. The lowest BCUT2D eigenvalue weighted by atomic mass is 9.91. The molecule has 1 aliphatic heterocycles. The van der Waals surface area contributed by atoms with Gasteiger partial charge in [0.05, 0.1) is 6.61 Å². The zero-order valence-electron chi connectivity index (χ0n) is 9.33. The van der Waals surface area contributed by atoms with Crippen LogP contribution in [0.15, 0.2) is 18.2 Å². The van der Waals surface area contributed by atoms with Gasteiger partial charge in [-0.2, -0.15) is 0 Å². The van der Waals surface area contributed by atoms with Crippen molar-refractivity contribution in [3.63, 3.8) is 0 Å². The normalized spacial score (nSPS) is 20.8. The summed E-state index contributed by atoms with van der Waals surface area (Å²) in [4.78, 5) is 12.2. The van der Waals surface area contributed by atoms with E-state index >= 15 is 0 Å².